The summed E-state index contributed by atoms with van der Waals surface area (Å²) >= 11 is 0. The molecule has 0 fully saturated rings. The molecule has 2 aromatic carbocycles. The summed E-state index contributed by atoms with van der Waals surface area (Å²) in [5, 5.41) is 2.97. The molecule has 1 atom stereocenters. The van der Waals surface area contributed by atoms with E-state index in [-0.39, 0.29) is 29.6 Å². The molecule has 4 heteroatoms. The fourth-order valence-corrected chi connectivity index (χ4v) is 2.72. The van der Waals surface area contributed by atoms with E-state index < -0.39 is 0 Å². The lowest BCUT2D eigenvalue weighted by atomic mass is 9.84. The summed E-state index contributed by atoms with van der Waals surface area (Å²) in [6.07, 6.45) is 0. The molecule has 128 valence electrons. The quantitative estimate of drug-likeness (QED) is 0.855. The number of aryl methyl sites for hydroxylation is 1. The molecule has 0 aliphatic carbocycles. The van der Waals surface area contributed by atoms with Crippen LogP contribution in [-0.2, 0) is 10.2 Å². The van der Waals surface area contributed by atoms with Gasteiger partial charge in [0, 0.05) is 18.5 Å². The van der Waals surface area contributed by atoms with Crippen molar-refractivity contribution in [1.82, 2.24) is 5.32 Å². The monoisotopic (exact) mass is 328 g/mol. The second kappa shape index (κ2) is 7.58. The summed E-state index contributed by atoms with van der Waals surface area (Å²) in [4.78, 5) is 12.6. The number of carbonyl (C=O) groups is 1. The van der Waals surface area contributed by atoms with Crippen molar-refractivity contribution in [1.29, 1.82) is 0 Å². The zero-order chi connectivity index (χ0) is 17.7. The Labute approximate surface area is 143 Å². The number of carbonyl (C=O) groups excluding carboxylic acids is 1. The van der Waals surface area contributed by atoms with Crippen molar-refractivity contribution >= 4 is 5.91 Å². The van der Waals surface area contributed by atoms with Crippen LogP contribution >= 0.6 is 0 Å². The molecule has 0 spiro atoms. The molecule has 0 saturated carbocycles. The molecule has 2 rings (SSSR count). The number of benzene rings is 2. The zero-order valence-electron chi connectivity index (χ0n) is 14.5. The van der Waals surface area contributed by atoms with Crippen LogP contribution in [0.2, 0.25) is 0 Å². The Balaban J connectivity index is 2.08. The topological polar surface area (TPSA) is 55.1 Å². The van der Waals surface area contributed by atoms with Crippen LogP contribution in [0.15, 0.2) is 48.5 Å². The van der Waals surface area contributed by atoms with Crippen LogP contribution in [0.3, 0.4) is 0 Å². The summed E-state index contributed by atoms with van der Waals surface area (Å²) in [6, 6.07) is 14.3. The smallest absolute Gasteiger partial charge is 0.228 e. The number of amides is 1. The van der Waals surface area contributed by atoms with Gasteiger partial charge in [-0.25, -0.2) is 4.39 Å². The normalized spacial score (nSPS) is 12.7. The Morgan fingerprint density at radius 1 is 1.21 bits per heavy atom. The number of hydrogen-bond acceptors (Lipinski definition) is 2. The maximum absolute atomic E-state index is 13.4. The highest BCUT2D eigenvalue weighted by Crippen LogP contribution is 2.23. The first kappa shape index (κ1) is 18.1. The molecule has 0 aliphatic rings. The van der Waals surface area contributed by atoms with E-state index in [1.807, 2.05) is 51.1 Å². The van der Waals surface area contributed by atoms with E-state index >= 15 is 0 Å². The van der Waals surface area contributed by atoms with Crippen molar-refractivity contribution in [3.05, 3.63) is 71.0 Å². The van der Waals surface area contributed by atoms with Gasteiger partial charge in [-0.3, -0.25) is 4.79 Å². The van der Waals surface area contributed by atoms with E-state index in [0.717, 1.165) is 16.7 Å². The highest BCUT2D eigenvalue weighted by molar-refractivity contribution is 5.84. The van der Waals surface area contributed by atoms with Crippen molar-refractivity contribution in [2.45, 2.75) is 32.1 Å². The molecule has 24 heavy (non-hydrogen) atoms. The second-order valence-electron chi connectivity index (χ2n) is 6.81. The Hall–Kier alpha value is -2.20. The minimum Gasteiger partial charge on any atom is -0.355 e. The van der Waals surface area contributed by atoms with Crippen LogP contribution in [0.1, 0.15) is 36.5 Å². The van der Waals surface area contributed by atoms with Crippen LogP contribution in [0.4, 0.5) is 4.39 Å². The molecule has 0 aliphatic heterocycles. The lowest BCUT2D eigenvalue weighted by molar-refractivity contribution is -0.122. The molecule has 0 saturated heterocycles. The number of rotatable bonds is 6. The third kappa shape index (κ3) is 4.42. The molecule has 0 heterocycles. The van der Waals surface area contributed by atoms with Crippen molar-refractivity contribution in [3.63, 3.8) is 0 Å². The SMILES string of the molecule is Cc1cccc(C(CN)C(=O)NCC(C)(C)c2cccc(F)c2)c1. The molecule has 0 radical (unpaired) electrons. The molecule has 3 nitrogen and oxygen atoms in total. The van der Waals surface area contributed by atoms with Gasteiger partial charge in [-0.2, -0.15) is 0 Å². The molecule has 0 bridgehead atoms. The Morgan fingerprint density at radius 2 is 1.92 bits per heavy atom. The maximum Gasteiger partial charge on any atom is 0.228 e. The van der Waals surface area contributed by atoms with Crippen LogP contribution in [0.25, 0.3) is 0 Å². The third-order valence-electron chi connectivity index (χ3n) is 4.31. The van der Waals surface area contributed by atoms with Gasteiger partial charge in [-0.05, 0) is 30.2 Å². The number of halogens is 1. The fourth-order valence-electron chi connectivity index (χ4n) is 2.72. The number of nitrogens with one attached hydrogen (secondary N) is 1. The van der Waals surface area contributed by atoms with Gasteiger partial charge in [-0.15, -0.1) is 0 Å². The van der Waals surface area contributed by atoms with Crippen molar-refractivity contribution < 1.29 is 9.18 Å². The van der Waals surface area contributed by atoms with Gasteiger partial charge in [0.15, 0.2) is 0 Å². The third-order valence-corrected chi connectivity index (χ3v) is 4.31. The molecular weight excluding hydrogens is 303 g/mol. The van der Waals surface area contributed by atoms with Gasteiger partial charge in [0.2, 0.25) is 5.91 Å². The largest absolute Gasteiger partial charge is 0.355 e. The molecule has 2 aromatic rings. The van der Waals surface area contributed by atoms with E-state index in [2.05, 4.69) is 5.32 Å². The zero-order valence-corrected chi connectivity index (χ0v) is 14.5. The molecule has 1 unspecified atom stereocenters. The van der Waals surface area contributed by atoms with Gasteiger partial charge in [0.1, 0.15) is 5.82 Å². The summed E-state index contributed by atoms with van der Waals surface area (Å²) in [6.45, 7) is 6.60. The van der Waals surface area contributed by atoms with Crippen molar-refractivity contribution in [3.8, 4) is 0 Å². The van der Waals surface area contributed by atoms with Crippen molar-refractivity contribution in [2.24, 2.45) is 5.73 Å². The van der Waals surface area contributed by atoms with Crippen LogP contribution in [0.5, 0.6) is 0 Å². The average molecular weight is 328 g/mol. The van der Waals surface area contributed by atoms with E-state index in [9.17, 15) is 9.18 Å². The maximum atomic E-state index is 13.4. The average Bonchev–Trinajstić information content (AvgIpc) is 2.54. The lowest BCUT2D eigenvalue weighted by Crippen LogP contribution is -2.40. The van der Waals surface area contributed by atoms with Crippen molar-refractivity contribution in [2.75, 3.05) is 13.1 Å². The van der Waals surface area contributed by atoms with Gasteiger partial charge in [0.05, 0.1) is 5.92 Å². The fraction of sp³-hybridized carbons (Fsp3) is 0.350. The first-order valence-corrected chi connectivity index (χ1v) is 8.14. The summed E-state index contributed by atoms with van der Waals surface area (Å²) in [5.74, 6) is -0.757. The Morgan fingerprint density at radius 3 is 2.54 bits per heavy atom. The summed E-state index contributed by atoms with van der Waals surface area (Å²) in [7, 11) is 0. The van der Waals surface area contributed by atoms with Crippen LogP contribution in [-0.4, -0.2) is 19.0 Å². The van der Waals surface area contributed by atoms with Gasteiger partial charge < -0.3 is 11.1 Å². The van der Waals surface area contributed by atoms with Crippen LogP contribution < -0.4 is 11.1 Å². The van der Waals surface area contributed by atoms with E-state index in [1.54, 1.807) is 6.07 Å². The molecular formula is C20H25FN2O. The first-order chi connectivity index (χ1) is 11.3. The lowest BCUT2D eigenvalue weighted by Gasteiger charge is -2.27. The Kier molecular flexibility index (Phi) is 5.73. The van der Waals surface area contributed by atoms with Gasteiger partial charge in [-0.1, -0.05) is 55.8 Å². The molecule has 1 amide bonds. The minimum absolute atomic E-state index is 0.104. The highest BCUT2D eigenvalue weighted by Gasteiger charge is 2.25. The van der Waals surface area contributed by atoms with E-state index in [4.69, 9.17) is 5.73 Å². The van der Waals surface area contributed by atoms with Crippen LogP contribution in [0, 0.1) is 12.7 Å². The van der Waals surface area contributed by atoms with Gasteiger partial charge >= 0.3 is 0 Å². The predicted octanol–water partition coefficient (Wildman–Crippen LogP) is 3.27. The number of nitrogens with two attached hydrogens (primary N) is 1. The minimum atomic E-state index is -0.381. The molecule has 0 aromatic heterocycles. The second-order valence-corrected chi connectivity index (χ2v) is 6.81. The Bertz CT molecular complexity index is 712. The summed E-state index contributed by atoms with van der Waals surface area (Å²) in [5.41, 5.74) is 8.31. The van der Waals surface area contributed by atoms with Gasteiger partial charge in [0.25, 0.3) is 0 Å². The first-order valence-electron chi connectivity index (χ1n) is 8.14. The number of hydrogen-bond donors (Lipinski definition) is 2. The standard InChI is InChI=1S/C20H25FN2O/c1-14-6-4-7-15(10-14)18(12-22)19(24)23-13-20(2,3)16-8-5-9-17(21)11-16/h4-11,18H,12-13,22H2,1-3H3,(H,23,24). The van der Waals surface area contributed by atoms with E-state index in [1.165, 1.54) is 12.1 Å². The molecule has 3 N–H and O–H groups in total. The predicted molar refractivity (Wildman–Crippen MR) is 95.4 cm³/mol. The van der Waals surface area contributed by atoms with E-state index in [0.29, 0.717) is 6.54 Å². The highest BCUT2D eigenvalue weighted by atomic mass is 19.1. The summed E-state index contributed by atoms with van der Waals surface area (Å²) < 4.78 is 13.4.